The first-order valence-corrected chi connectivity index (χ1v) is 5.74. The standard InChI is InChI=1S/C15H14N2O/c18-15-10-5-4-9-14(15)17-12-6-11-16-13-7-2-1-3-8-13/h1-5,7-12,18H,6H2. The fraction of sp³-hybridized carbons (Fsp3) is 0.0667. The van der Waals surface area contributed by atoms with Crippen LogP contribution in [0.4, 0.5) is 11.4 Å². The zero-order valence-electron chi connectivity index (χ0n) is 9.90. The third-order valence-electron chi connectivity index (χ3n) is 2.32. The largest absolute Gasteiger partial charge is 0.506 e. The summed E-state index contributed by atoms with van der Waals surface area (Å²) >= 11 is 0. The maximum Gasteiger partial charge on any atom is 0.141 e. The highest BCUT2D eigenvalue weighted by atomic mass is 16.3. The predicted molar refractivity (Wildman–Crippen MR) is 75.5 cm³/mol. The van der Waals surface area contributed by atoms with Crippen LogP contribution in [0.25, 0.3) is 0 Å². The van der Waals surface area contributed by atoms with Crippen LogP contribution >= 0.6 is 0 Å². The molecule has 1 N–H and O–H groups in total. The zero-order chi connectivity index (χ0) is 12.6. The van der Waals surface area contributed by atoms with Gasteiger partial charge in [-0.15, -0.1) is 0 Å². The smallest absolute Gasteiger partial charge is 0.141 e. The minimum Gasteiger partial charge on any atom is -0.506 e. The number of phenolic OH excluding ortho intramolecular Hbond substituents is 1. The van der Waals surface area contributed by atoms with E-state index in [9.17, 15) is 5.11 Å². The molecule has 3 heteroatoms. The van der Waals surface area contributed by atoms with Crippen LogP contribution in [0.1, 0.15) is 6.42 Å². The Kier molecular flexibility index (Phi) is 4.25. The average Bonchev–Trinajstić information content (AvgIpc) is 2.42. The molecule has 0 unspecified atom stereocenters. The quantitative estimate of drug-likeness (QED) is 0.807. The highest BCUT2D eigenvalue weighted by Gasteiger charge is 1.93. The van der Waals surface area contributed by atoms with Crippen LogP contribution in [0, 0.1) is 0 Å². The van der Waals surface area contributed by atoms with Gasteiger partial charge in [0, 0.05) is 18.9 Å². The highest BCUT2D eigenvalue weighted by Crippen LogP contribution is 2.24. The number of hydrogen-bond acceptors (Lipinski definition) is 3. The van der Waals surface area contributed by atoms with Crippen molar-refractivity contribution in [2.45, 2.75) is 6.42 Å². The summed E-state index contributed by atoms with van der Waals surface area (Å²) < 4.78 is 0. The van der Waals surface area contributed by atoms with Crippen molar-refractivity contribution in [3.8, 4) is 5.75 Å². The lowest BCUT2D eigenvalue weighted by molar-refractivity contribution is 0.477. The average molecular weight is 238 g/mol. The van der Waals surface area contributed by atoms with E-state index in [0.29, 0.717) is 12.1 Å². The molecule has 0 radical (unpaired) electrons. The Labute approximate surface area is 106 Å². The Morgan fingerprint density at radius 2 is 1.50 bits per heavy atom. The lowest BCUT2D eigenvalue weighted by atomic mass is 10.3. The number of benzene rings is 2. The van der Waals surface area contributed by atoms with Gasteiger partial charge in [0.25, 0.3) is 0 Å². The molecule has 2 aromatic carbocycles. The van der Waals surface area contributed by atoms with Crippen molar-refractivity contribution in [1.82, 2.24) is 0 Å². The molecule has 0 amide bonds. The Balaban J connectivity index is 1.89. The van der Waals surface area contributed by atoms with Crippen molar-refractivity contribution < 1.29 is 5.11 Å². The van der Waals surface area contributed by atoms with E-state index in [1.165, 1.54) is 0 Å². The summed E-state index contributed by atoms with van der Waals surface area (Å²) in [6.45, 7) is 0. The van der Waals surface area contributed by atoms with Crippen LogP contribution < -0.4 is 0 Å². The van der Waals surface area contributed by atoms with Crippen LogP contribution in [0.2, 0.25) is 0 Å². The van der Waals surface area contributed by atoms with Crippen LogP contribution in [0.3, 0.4) is 0 Å². The van der Waals surface area contributed by atoms with Crippen molar-refractivity contribution in [2.75, 3.05) is 0 Å². The molecule has 90 valence electrons. The first-order valence-electron chi connectivity index (χ1n) is 5.74. The fourth-order valence-electron chi connectivity index (χ4n) is 1.44. The molecule has 0 atom stereocenters. The van der Waals surface area contributed by atoms with Gasteiger partial charge in [-0.05, 0) is 24.3 Å². The summed E-state index contributed by atoms with van der Waals surface area (Å²) in [7, 11) is 0. The minimum atomic E-state index is 0.189. The monoisotopic (exact) mass is 238 g/mol. The van der Waals surface area contributed by atoms with E-state index in [1.807, 2.05) is 36.4 Å². The molecule has 2 rings (SSSR count). The molecule has 18 heavy (non-hydrogen) atoms. The van der Waals surface area contributed by atoms with E-state index in [0.717, 1.165) is 5.69 Å². The van der Waals surface area contributed by atoms with Crippen LogP contribution in [-0.2, 0) is 0 Å². The van der Waals surface area contributed by atoms with E-state index in [-0.39, 0.29) is 5.75 Å². The molecule has 0 aliphatic carbocycles. The Bertz CT molecular complexity index is 547. The number of aromatic hydroxyl groups is 1. The second-order valence-electron chi connectivity index (χ2n) is 3.68. The molecular weight excluding hydrogens is 224 g/mol. The fourth-order valence-corrected chi connectivity index (χ4v) is 1.44. The molecule has 2 aromatic rings. The summed E-state index contributed by atoms with van der Waals surface area (Å²) in [5, 5.41) is 9.50. The predicted octanol–water partition coefficient (Wildman–Crippen LogP) is 3.89. The van der Waals surface area contributed by atoms with E-state index in [1.54, 1.807) is 30.6 Å². The van der Waals surface area contributed by atoms with Crippen LogP contribution in [-0.4, -0.2) is 17.5 Å². The maximum absolute atomic E-state index is 9.50. The molecule has 3 nitrogen and oxygen atoms in total. The van der Waals surface area contributed by atoms with E-state index in [4.69, 9.17) is 0 Å². The SMILES string of the molecule is Oc1ccccc1N=CCC=Nc1ccccc1. The van der Waals surface area contributed by atoms with Gasteiger partial charge in [0.1, 0.15) is 11.4 Å². The van der Waals surface area contributed by atoms with Gasteiger partial charge in [-0.2, -0.15) is 0 Å². The van der Waals surface area contributed by atoms with Gasteiger partial charge in [-0.1, -0.05) is 30.3 Å². The molecule has 0 aliphatic heterocycles. The summed E-state index contributed by atoms with van der Waals surface area (Å²) in [5.74, 6) is 0.189. The lowest BCUT2D eigenvalue weighted by Gasteiger charge is -1.95. The van der Waals surface area contributed by atoms with E-state index < -0.39 is 0 Å². The number of rotatable bonds is 4. The minimum absolute atomic E-state index is 0.189. The van der Waals surface area contributed by atoms with Crippen LogP contribution in [0.15, 0.2) is 64.6 Å². The summed E-state index contributed by atoms with van der Waals surface area (Å²) in [6.07, 6.45) is 4.14. The van der Waals surface area contributed by atoms with Gasteiger partial charge in [0.2, 0.25) is 0 Å². The summed E-state index contributed by atoms with van der Waals surface area (Å²) in [6, 6.07) is 16.7. The number of hydrogen-bond donors (Lipinski definition) is 1. The van der Waals surface area contributed by atoms with Gasteiger partial charge in [-0.3, -0.25) is 9.98 Å². The summed E-state index contributed by atoms with van der Waals surface area (Å²) in [4.78, 5) is 8.45. The second kappa shape index (κ2) is 6.35. The van der Waals surface area contributed by atoms with Gasteiger partial charge >= 0.3 is 0 Å². The highest BCUT2D eigenvalue weighted by molar-refractivity contribution is 5.82. The molecule has 0 aromatic heterocycles. The second-order valence-corrected chi connectivity index (χ2v) is 3.68. The Morgan fingerprint density at radius 3 is 2.28 bits per heavy atom. The van der Waals surface area contributed by atoms with Gasteiger partial charge in [0.15, 0.2) is 0 Å². The van der Waals surface area contributed by atoms with Gasteiger partial charge < -0.3 is 5.11 Å². The molecule has 0 heterocycles. The Morgan fingerprint density at radius 1 is 0.833 bits per heavy atom. The third kappa shape index (κ3) is 3.56. The first kappa shape index (κ1) is 12.0. The normalized spacial score (nSPS) is 11.3. The number of phenols is 1. The zero-order valence-corrected chi connectivity index (χ0v) is 9.90. The van der Waals surface area contributed by atoms with Crippen molar-refractivity contribution in [1.29, 1.82) is 0 Å². The van der Waals surface area contributed by atoms with Crippen molar-refractivity contribution in [2.24, 2.45) is 9.98 Å². The van der Waals surface area contributed by atoms with Crippen molar-refractivity contribution in [3.05, 3.63) is 54.6 Å². The van der Waals surface area contributed by atoms with E-state index in [2.05, 4.69) is 9.98 Å². The molecule has 0 saturated heterocycles. The Hall–Kier alpha value is -2.42. The van der Waals surface area contributed by atoms with E-state index >= 15 is 0 Å². The molecular formula is C15H14N2O. The number of para-hydroxylation sites is 3. The van der Waals surface area contributed by atoms with Crippen molar-refractivity contribution in [3.63, 3.8) is 0 Å². The van der Waals surface area contributed by atoms with Crippen molar-refractivity contribution >= 4 is 23.8 Å². The first-order chi connectivity index (χ1) is 8.86. The molecule has 0 saturated carbocycles. The third-order valence-corrected chi connectivity index (χ3v) is 2.32. The van der Waals surface area contributed by atoms with Gasteiger partial charge in [0.05, 0.1) is 5.69 Å². The topological polar surface area (TPSA) is 45.0 Å². The molecule has 0 fully saturated rings. The molecule has 0 spiro atoms. The lowest BCUT2D eigenvalue weighted by Crippen LogP contribution is -1.77. The molecule has 0 bridgehead atoms. The van der Waals surface area contributed by atoms with Gasteiger partial charge in [-0.25, -0.2) is 0 Å². The molecule has 0 aliphatic rings. The summed E-state index contributed by atoms with van der Waals surface area (Å²) in [5.41, 5.74) is 1.50. The van der Waals surface area contributed by atoms with Crippen LogP contribution in [0.5, 0.6) is 5.75 Å². The number of nitrogens with zero attached hydrogens (tertiary/aromatic N) is 2. The number of aliphatic imine (C=N–C) groups is 2. The maximum atomic E-state index is 9.50.